The van der Waals surface area contributed by atoms with Crippen molar-refractivity contribution in [3.05, 3.63) is 56.8 Å². The number of fused-ring (bicyclic) bond motifs is 2. The van der Waals surface area contributed by atoms with Gasteiger partial charge in [-0.25, -0.2) is 4.98 Å². The third-order valence-corrected chi connectivity index (χ3v) is 8.10. The number of aromatic nitrogens is 1. The fourth-order valence-corrected chi connectivity index (χ4v) is 6.52. The quantitative estimate of drug-likeness (QED) is 0.382. The predicted molar refractivity (Wildman–Crippen MR) is 132 cm³/mol. The van der Waals surface area contributed by atoms with E-state index in [0.717, 1.165) is 53.0 Å². The number of nitrogen functional groups attached to an aromatic ring is 2. The Hall–Kier alpha value is -3.92. The molecule has 3 heterocycles. The van der Waals surface area contributed by atoms with Crippen molar-refractivity contribution in [1.82, 2.24) is 4.98 Å². The average Bonchev–Trinajstić information content (AvgIpc) is 3.35. The number of amides is 1. The average molecular weight is 471 g/mol. The second-order valence-corrected chi connectivity index (χ2v) is 9.84. The number of rotatable bonds is 3. The summed E-state index contributed by atoms with van der Waals surface area (Å²) in [6.45, 7) is 0. The highest BCUT2D eigenvalue weighted by Gasteiger charge is 2.26. The first kappa shape index (κ1) is 21.0. The smallest absolute Gasteiger partial charge is 0.268 e. The molecule has 0 aliphatic heterocycles. The van der Waals surface area contributed by atoms with Crippen molar-refractivity contribution in [2.24, 2.45) is 0 Å². The van der Waals surface area contributed by atoms with Crippen LogP contribution in [0.2, 0.25) is 0 Å². The minimum Gasteiger partial charge on any atom is -0.397 e. The Morgan fingerprint density at radius 2 is 1.76 bits per heavy atom. The second kappa shape index (κ2) is 8.21. The van der Waals surface area contributed by atoms with E-state index in [1.807, 2.05) is 30.3 Å². The summed E-state index contributed by atoms with van der Waals surface area (Å²) in [5.41, 5.74) is 16.0. The first-order valence-electron chi connectivity index (χ1n) is 10.4. The van der Waals surface area contributed by atoms with E-state index in [1.54, 1.807) is 0 Å². The summed E-state index contributed by atoms with van der Waals surface area (Å²) in [6.07, 6.45) is 3.92. The molecule has 9 heteroatoms. The van der Waals surface area contributed by atoms with Gasteiger partial charge < -0.3 is 16.8 Å². The fourth-order valence-electron chi connectivity index (χ4n) is 4.28. The van der Waals surface area contributed by atoms with Gasteiger partial charge in [-0.2, -0.15) is 10.5 Å². The van der Waals surface area contributed by atoms with Gasteiger partial charge in [-0.3, -0.25) is 4.79 Å². The van der Waals surface area contributed by atoms with Gasteiger partial charge in [-0.1, -0.05) is 30.3 Å². The van der Waals surface area contributed by atoms with Crippen LogP contribution >= 0.6 is 22.7 Å². The van der Waals surface area contributed by atoms with Gasteiger partial charge in [-0.15, -0.1) is 22.7 Å². The summed E-state index contributed by atoms with van der Waals surface area (Å²) < 4.78 is 0. The van der Waals surface area contributed by atoms with Gasteiger partial charge in [0.2, 0.25) is 0 Å². The van der Waals surface area contributed by atoms with Gasteiger partial charge in [0.1, 0.15) is 38.2 Å². The Kier molecular flexibility index (Phi) is 5.21. The zero-order valence-corrected chi connectivity index (χ0v) is 19.1. The van der Waals surface area contributed by atoms with Crippen LogP contribution < -0.4 is 16.8 Å². The predicted octanol–water partition coefficient (Wildman–Crippen LogP) is 5.06. The van der Waals surface area contributed by atoms with Crippen molar-refractivity contribution in [3.8, 4) is 23.3 Å². The summed E-state index contributed by atoms with van der Waals surface area (Å²) in [7, 11) is 0. The van der Waals surface area contributed by atoms with E-state index in [-0.39, 0.29) is 21.9 Å². The Morgan fingerprint density at radius 1 is 1.03 bits per heavy atom. The largest absolute Gasteiger partial charge is 0.397 e. The number of carbonyl (C=O) groups is 1. The van der Waals surface area contributed by atoms with Crippen LogP contribution in [-0.2, 0) is 12.8 Å². The number of nitriles is 2. The zero-order valence-electron chi connectivity index (χ0n) is 17.4. The Morgan fingerprint density at radius 3 is 2.48 bits per heavy atom. The molecule has 5 rings (SSSR count). The van der Waals surface area contributed by atoms with Gasteiger partial charge in [0.25, 0.3) is 5.91 Å². The third-order valence-electron chi connectivity index (χ3n) is 5.80. The highest BCUT2D eigenvalue weighted by atomic mass is 32.1. The molecule has 4 aromatic rings. The molecule has 1 amide bonds. The number of hydrogen-bond donors (Lipinski definition) is 3. The molecule has 162 valence electrons. The molecule has 1 aliphatic rings. The molecule has 0 unspecified atom stereocenters. The molecule has 33 heavy (non-hydrogen) atoms. The van der Waals surface area contributed by atoms with Crippen LogP contribution in [0.15, 0.2) is 30.3 Å². The summed E-state index contributed by atoms with van der Waals surface area (Å²) in [4.78, 5) is 19.5. The number of pyridine rings is 1. The minimum atomic E-state index is -0.401. The van der Waals surface area contributed by atoms with E-state index in [2.05, 4.69) is 22.4 Å². The Bertz CT molecular complexity index is 1500. The first-order valence-corrected chi connectivity index (χ1v) is 12.0. The summed E-state index contributed by atoms with van der Waals surface area (Å²) in [6, 6.07) is 13.7. The van der Waals surface area contributed by atoms with E-state index in [0.29, 0.717) is 26.3 Å². The monoisotopic (exact) mass is 470 g/mol. The molecule has 0 saturated carbocycles. The van der Waals surface area contributed by atoms with Gasteiger partial charge >= 0.3 is 0 Å². The molecule has 5 N–H and O–H groups in total. The van der Waals surface area contributed by atoms with Gasteiger partial charge in [0, 0.05) is 15.8 Å². The van der Waals surface area contributed by atoms with Crippen LogP contribution in [0.4, 0.5) is 16.5 Å². The van der Waals surface area contributed by atoms with Crippen LogP contribution in [-0.4, -0.2) is 10.9 Å². The van der Waals surface area contributed by atoms with Gasteiger partial charge in [0.15, 0.2) is 0 Å². The van der Waals surface area contributed by atoms with Crippen molar-refractivity contribution in [2.75, 3.05) is 16.8 Å². The summed E-state index contributed by atoms with van der Waals surface area (Å²) in [5.74, 6) is -0.309. The third kappa shape index (κ3) is 3.39. The van der Waals surface area contributed by atoms with Crippen molar-refractivity contribution in [2.45, 2.75) is 25.7 Å². The molecular formula is C24H18N6OS2. The number of benzene rings is 1. The molecule has 1 aliphatic carbocycles. The summed E-state index contributed by atoms with van der Waals surface area (Å²) >= 11 is 2.59. The van der Waals surface area contributed by atoms with Crippen molar-refractivity contribution < 1.29 is 4.79 Å². The fraction of sp³-hybridized carbons (Fsp3) is 0.167. The van der Waals surface area contributed by atoms with Crippen molar-refractivity contribution in [3.63, 3.8) is 0 Å². The maximum absolute atomic E-state index is 13.3. The van der Waals surface area contributed by atoms with Crippen molar-refractivity contribution in [1.29, 1.82) is 10.5 Å². The standard InChI is InChI=1S/C24H18N6OS2/c25-10-14-13-8-4-5-9-16(13)32-23(14)30-22(31)20-19(27)18-17(12-6-2-1-3-7-12)15(11-26)21(28)29-24(18)33-20/h1-3,6-7H,4-5,8-9,27H2,(H2,28,29)(H,30,31). The first-order chi connectivity index (χ1) is 16.0. The Labute approximate surface area is 197 Å². The number of aryl methyl sites for hydroxylation is 1. The maximum atomic E-state index is 13.3. The molecule has 0 saturated heterocycles. The SMILES string of the molecule is N#Cc1c(NC(=O)c2sc3nc(N)c(C#N)c(-c4ccccc4)c3c2N)sc2c1CCCC2. The van der Waals surface area contributed by atoms with Crippen LogP contribution in [0, 0.1) is 22.7 Å². The second-order valence-electron chi connectivity index (χ2n) is 7.73. The lowest BCUT2D eigenvalue weighted by Gasteiger charge is -2.09. The molecule has 0 bridgehead atoms. The van der Waals surface area contributed by atoms with Crippen LogP contribution in [0.5, 0.6) is 0 Å². The van der Waals surface area contributed by atoms with Gasteiger partial charge in [-0.05, 0) is 36.8 Å². The van der Waals surface area contributed by atoms with Crippen LogP contribution in [0.3, 0.4) is 0 Å². The highest BCUT2D eigenvalue weighted by molar-refractivity contribution is 7.21. The van der Waals surface area contributed by atoms with Crippen LogP contribution in [0.25, 0.3) is 21.3 Å². The van der Waals surface area contributed by atoms with Crippen molar-refractivity contribution >= 4 is 55.3 Å². The number of nitrogens with two attached hydrogens (primary N) is 2. The lowest BCUT2D eigenvalue weighted by Crippen LogP contribution is -2.12. The number of anilines is 3. The van der Waals surface area contributed by atoms with E-state index in [1.165, 1.54) is 11.3 Å². The molecular weight excluding hydrogens is 452 g/mol. The normalized spacial score (nSPS) is 12.7. The summed E-state index contributed by atoms with van der Waals surface area (Å²) in [5, 5.41) is 23.4. The number of thiophene rings is 2. The van der Waals surface area contributed by atoms with E-state index >= 15 is 0 Å². The molecule has 0 radical (unpaired) electrons. The maximum Gasteiger partial charge on any atom is 0.268 e. The lowest BCUT2D eigenvalue weighted by atomic mass is 9.96. The Balaban J connectivity index is 1.63. The van der Waals surface area contributed by atoms with E-state index < -0.39 is 5.91 Å². The highest BCUT2D eigenvalue weighted by Crippen LogP contribution is 2.43. The van der Waals surface area contributed by atoms with E-state index in [9.17, 15) is 15.3 Å². The molecule has 1 aromatic carbocycles. The minimum absolute atomic E-state index is 0.0924. The molecule has 7 nitrogen and oxygen atoms in total. The molecule has 0 spiro atoms. The number of nitrogens with one attached hydrogen (secondary N) is 1. The van der Waals surface area contributed by atoms with E-state index in [4.69, 9.17) is 11.5 Å². The molecule has 0 atom stereocenters. The number of hydrogen-bond acceptors (Lipinski definition) is 8. The lowest BCUT2D eigenvalue weighted by molar-refractivity contribution is 0.103. The number of carbonyl (C=O) groups excluding carboxylic acids is 1. The molecule has 0 fully saturated rings. The van der Waals surface area contributed by atoms with Crippen LogP contribution in [0.1, 0.15) is 44.1 Å². The topological polar surface area (TPSA) is 142 Å². The zero-order chi connectivity index (χ0) is 23.1. The number of nitrogens with zero attached hydrogens (tertiary/aromatic N) is 3. The molecule has 3 aromatic heterocycles. The van der Waals surface area contributed by atoms with Gasteiger partial charge in [0.05, 0.1) is 11.3 Å².